The molecule has 2 N–H and O–H groups in total. The topological polar surface area (TPSA) is 35.2 Å². The van der Waals surface area contributed by atoms with Crippen LogP contribution in [0.2, 0.25) is 0 Å². The number of halogens is 1. The van der Waals surface area contributed by atoms with E-state index < -0.39 is 6.17 Å². The van der Waals surface area contributed by atoms with Crippen LogP contribution in [0.1, 0.15) is 37.1 Å². The van der Waals surface area contributed by atoms with Gasteiger partial charge in [0.25, 0.3) is 0 Å². The standard InChI is InChI=1S/C13H20FNO/c1-10(14)11-6-7-13(16-2)12(9-11)5-3-4-8-15/h6-7,9-10H,3-5,8,15H2,1-2H3. The van der Waals surface area contributed by atoms with Gasteiger partial charge in [-0.3, -0.25) is 0 Å². The molecule has 0 fully saturated rings. The SMILES string of the molecule is COc1ccc(C(C)F)cc1CCCCN. The lowest BCUT2D eigenvalue weighted by Gasteiger charge is -2.11. The van der Waals surface area contributed by atoms with Crippen LogP contribution in [0.5, 0.6) is 5.75 Å². The zero-order chi connectivity index (χ0) is 12.0. The minimum Gasteiger partial charge on any atom is -0.496 e. The first kappa shape index (κ1) is 13.0. The van der Waals surface area contributed by atoms with Crippen LogP contribution in [0.15, 0.2) is 18.2 Å². The number of ether oxygens (including phenoxy) is 1. The molecule has 1 atom stereocenters. The van der Waals surface area contributed by atoms with Crippen LogP contribution in [-0.4, -0.2) is 13.7 Å². The molecule has 16 heavy (non-hydrogen) atoms. The minimum atomic E-state index is -0.931. The van der Waals surface area contributed by atoms with Gasteiger partial charge >= 0.3 is 0 Å². The number of hydrogen-bond donors (Lipinski definition) is 1. The molecule has 0 aliphatic rings. The Bertz CT molecular complexity index is 326. The van der Waals surface area contributed by atoms with Crippen LogP contribution >= 0.6 is 0 Å². The van der Waals surface area contributed by atoms with Gasteiger partial charge in [0.15, 0.2) is 0 Å². The molecule has 1 aromatic carbocycles. The first-order chi connectivity index (χ1) is 7.69. The van der Waals surface area contributed by atoms with Crippen LogP contribution in [0, 0.1) is 0 Å². The predicted octanol–water partition coefficient (Wildman–Crippen LogP) is 3.01. The molecule has 0 saturated heterocycles. The summed E-state index contributed by atoms with van der Waals surface area (Å²) in [5.41, 5.74) is 7.23. The molecule has 3 heteroatoms. The number of methoxy groups -OCH3 is 1. The summed E-state index contributed by atoms with van der Waals surface area (Å²) in [5, 5.41) is 0. The number of aryl methyl sites for hydroxylation is 1. The van der Waals surface area contributed by atoms with E-state index in [2.05, 4.69) is 0 Å². The fourth-order valence-electron chi connectivity index (χ4n) is 1.70. The third-order valence-electron chi connectivity index (χ3n) is 2.66. The van der Waals surface area contributed by atoms with E-state index in [-0.39, 0.29) is 0 Å². The molecule has 1 aromatic rings. The van der Waals surface area contributed by atoms with E-state index in [1.165, 1.54) is 0 Å². The Labute approximate surface area is 96.6 Å². The number of rotatable bonds is 6. The molecule has 0 spiro atoms. The molecule has 1 unspecified atom stereocenters. The molecule has 0 heterocycles. The second-order valence-electron chi connectivity index (χ2n) is 3.93. The van der Waals surface area contributed by atoms with E-state index in [1.54, 1.807) is 20.1 Å². The molecule has 0 aromatic heterocycles. The monoisotopic (exact) mass is 225 g/mol. The third-order valence-corrected chi connectivity index (χ3v) is 2.66. The number of hydrogen-bond acceptors (Lipinski definition) is 2. The molecule has 0 amide bonds. The Morgan fingerprint density at radius 2 is 2.12 bits per heavy atom. The average molecular weight is 225 g/mol. The Hall–Kier alpha value is -1.09. The van der Waals surface area contributed by atoms with Crippen molar-refractivity contribution in [3.8, 4) is 5.75 Å². The molecule has 0 saturated carbocycles. The lowest BCUT2D eigenvalue weighted by molar-refractivity contribution is 0.372. The van der Waals surface area contributed by atoms with E-state index in [1.807, 2.05) is 12.1 Å². The fourth-order valence-corrected chi connectivity index (χ4v) is 1.70. The van der Waals surface area contributed by atoms with E-state index in [0.717, 1.165) is 30.6 Å². The maximum atomic E-state index is 13.2. The van der Waals surface area contributed by atoms with Crippen LogP contribution in [0.25, 0.3) is 0 Å². The van der Waals surface area contributed by atoms with Crippen molar-refractivity contribution in [3.63, 3.8) is 0 Å². The predicted molar refractivity (Wildman–Crippen MR) is 64.5 cm³/mol. The summed E-state index contributed by atoms with van der Waals surface area (Å²) >= 11 is 0. The molecule has 0 radical (unpaired) electrons. The third kappa shape index (κ3) is 3.49. The Kier molecular flexibility index (Phi) is 5.26. The van der Waals surface area contributed by atoms with Crippen molar-refractivity contribution in [2.45, 2.75) is 32.4 Å². The summed E-state index contributed by atoms with van der Waals surface area (Å²) in [6, 6.07) is 5.50. The Morgan fingerprint density at radius 3 is 2.69 bits per heavy atom. The summed E-state index contributed by atoms with van der Waals surface area (Å²) in [6.07, 6.45) is 1.95. The lowest BCUT2D eigenvalue weighted by atomic mass is 10.0. The molecule has 90 valence electrons. The highest BCUT2D eigenvalue weighted by Gasteiger charge is 2.08. The highest BCUT2D eigenvalue weighted by atomic mass is 19.1. The van der Waals surface area contributed by atoms with Gasteiger partial charge in [-0.05, 0) is 56.0 Å². The van der Waals surface area contributed by atoms with Crippen molar-refractivity contribution in [1.29, 1.82) is 0 Å². The van der Waals surface area contributed by atoms with Crippen molar-refractivity contribution in [2.24, 2.45) is 5.73 Å². The summed E-state index contributed by atoms with van der Waals surface area (Å²) in [7, 11) is 1.64. The van der Waals surface area contributed by atoms with Gasteiger partial charge in [-0.1, -0.05) is 6.07 Å². The number of nitrogens with two attached hydrogens (primary N) is 1. The Balaban J connectivity index is 2.80. The largest absolute Gasteiger partial charge is 0.496 e. The smallest absolute Gasteiger partial charge is 0.122 e. The highest BCUT2D eigenvalue weighted by Crippen LogP contribution is 2.26. The molecule has 0 aliphatic carbocycles. The second-order valence-corrected chi connectivity index (χ2v) is 3.93. The zero-order valence-corrected chi connectivity index (χ0v) is 10.0. The zero-order valence-electron chi connectivity index (χ0n) is 10.0. The molecular formula is C13H20FNO. The molecular weight excluding hydrogens is 205 g/mol. The van der Waals surface area contributed by atoms with Crippen LogP contribution in [-0.2, 0) is 6.42 Å². The average Bonchev–Trinajstić information content (AvgIpc) is 2.29. The first-order valence-corrected chi connectivity index (χ1v) is 5.70. The van der Waals surface area contributed by atoms with Crippen molar-refractivity contribution in [1.82, 2.24) is 0 Å². The van der Waals surface area contributed by atoms with Gasteiger partial charge < -0.3 is 10.5 Å². The number of alkyl halides is 1. The van der Waals surface area contributed by atoms with Crippen LogP contribution in [0.4, 0.5) is 4.39 Å². The quantitative estimate of drug-likeness (QED) is 0.755. The van der Waals surface area contributed by atoms with E-state index >= 15 is 0 Å². The summed E-state index contributed by atoms with van der Waals surface area (Å²) in [6.45, 7) is 2.24. The fraction of sp³-hybridized carbons (Fsp3) is 0.538. The molecule has 1 rings (SSSR count). The molecule has 0 bridgehead atoms. The summed E-state index contributed by atoms with van der Waals surface area (Å²) < 4.78 is 18.4. The molecule has 0 aliphatic heterocycles. The van der Waals surface area contributed by atoms with Crippen LogP contribution < -0.4 is 10.5 Å². The van der Waals surface area contributed by atoms with Gasteiger partial charge in [-0.2, -0.15) is 0 Å². The van der Waals surface area contributed by atoms with Crippen molar-refractivity contribution in [3.05, 3.63) is 29.3 Å². The maximum absolute atomic E-state index is 13.2. The summed E-state index contributed by atoms with van der Waals surface area (Å²) in [4.78, 5) is 0. The van der Waals surface area contributed by atoms with Gasteiger partial charge in [-0.25, -0.2) is 4.39 Å². The maximum Gasteiger partial charge on any atom is 0.122 e. The number of unbranched alkanes of at least 4 members (excludes halogenated alkanes) is 1. The molecule has 2 nitrogen and oxygen atoms in total. The van der Waals surface area contributed by atoms with Gasteiger partial charge in [0, 0.05) is 0 Å². The van der Waals surface area contributed by atoms with Crippen molar-refractivity contribution >= 4 is 0 Å². The van der Waals surface area contributed by atoms with E-state index in [9.17, 15) is 4.39 Å². The Morgan fingerprint density at radius 1 is 1.38 bits per heavy atom. The van der Waals surface area contributed by atoms with Gasteiger partial charge in [-0.15, -0.1) is 0 Å². The van der Waals surface area contributed by atoms with Crippen molar-refractivity contribution in [2.75, 3.05) is 13.7 Å². The van der Waals surface area contributed by atoms with Crippen molar-refractivity contribution < 1.29 is 9.13 Å². The van der Waals surface area contributed by atoms with Gasteiger partial charge in [0.2, 0.25) is 0 Å². The van der Waals surface area contributed by atoms with Gasteiger partial charge in [0.05, 0.1) is 7.11 Å². The highest BCUT2D eigenvalue weighted by molar-refractivity contribution is 5.38. The normalized spacial score (nSPS) is 12.5. The second kappa shape index (κ2) is 6.48. The van der Waals surface area contributed by atoms with E-state index in [4.69, 9.17) is 10.5 Å². The van der Waals surface area contributed by atoms with Crippen LogP contribution in [0.3, 0.4) is 0 Å². The first-order valence-electron chi connectivity index (χ1n) is 5.70. The minimum absolute atomic E-state index is 0.696. The van der Waals surface area contributed by atoms with E-state index in [0.29, 0.717) is 12.1 Å². The summed E-state index contributed by atoms with van der Waals surface area (Å²) in [5.74, 6) is 0.835. The number of benzene rings is 1. The lowest BCUT2D eigenvalue weighted by Crippen LogP contribution is -2.00. The van der Waals surface area contributed by atoms with Gasteiger partial charge in [0.1, 0.15) is 11.9 Å².